The molecule has 108 valence electrons. The molecule has 0 saturated heterocycles. The molecule has 21 heavy (non-hydrogen) atoms. The van der Waals surface area contributed by atoms with Crippen molar-refractivity contribution in [3.05, 3.63) is 56.3 Å². The molecule has 0 bridgehead atoms. The van der Waals surface area contributed by atoms with Crippen molar-refractivity contribution in [3.8, 4) is 0 Å². The highest BCUT2D eigenvalue weighted by atomic mass is 32.1. The molecule has 1 heterocycles. The molecule has 0 fully saturated rings. The monoisotopic (exact) mass is 306 g/mol. The van der Waals surface area contributed by atoms with Crippen LogP contribution in [0.5, 0.6) is 0 Å². The van der Waals surface area contributed by atoms with Crippen molar-refractivity contribution in [3.63, 3.8) is 0 Å². The van der Waals surface area contributed by atoms with Gasteiger partial charge in [0.25, 0.3) is 5.69 Å². The quantitative estimate of drug-likeness (QED) is 0.651. The highest BCUT2D eigenvalue weighted by molar-refractivity contribution is 7.08. The molecule has 1 aromatic carbocycles. The minimum atomic E-state index is -1.27. The summed E-state index contributed by atoms with van der Waals surface area (Å²) in [4.78, 5) is 33.0. The van der Waals surface area contributed by atoms with Gasteiger partial charge in [-0.2, -0.15) is 11.3 Å². The van der Waals surface area contributed by atoms with Crippen LogP contribution >= 0.6 is 11.3 Å². The van der Waals surface area contributed by atoms with Crippen LogP contribution in [0.2, 0.25) is 0 Å². The summed E-state index contributed by atoms with van der Waals surface area (Å²) < 4.78 is 0. The number of carboxylic acids is 1. The van der Waals surface area contributed by atoms with E-state index in [2.05, 4.69) is 5.32 Å². The minimum absolute atomic E-state index is 0.0747. The van der Waals surface area contributed by atoms with Gasteiger partial charge in [-0.25, -0.2) is 4.79 Å². The van der Waals surface area contributed by atoms with Crippen molar-refractivity contribution in [2.24, 2.45) is 0 Å². The van der Waals surface area contributed by atoms with E-state index >= 15 is 0 Å². The summed E-state index contributed by atoms with van der Waals surface area (Å²) in [7, 11) is 0. The van der Waals surface area contributed by atoms with E-state index < -0.39 is 16.8 Å². The van der Waals surface area contributed by atoms with Gasteiger partial charge in [-0.15, -0.1) is 0 Å². The molecule has 7 nitrogen and oxygen atoms in total. The summed E-state index contributed by atoms with van der Waals surface area (Å²) in [5.41, 5.74) is 0.224. The van der Waals surface area contributed by atoms with Crippen molar-refractivity contribution in [1.82, 2.24) is 0 Å². The third-order valence-electron chi connectivity index (χ3n) is 2.66. The van der Waals surface area contributed by atoms with Crippen LogP contribution in [0.25, 0.3) is 0 Å². The van der Waals surface area contributed by atoms with E-state index in [9.17, 15) is 19.7 Å². The lowest BCUT2D eigenvalue weighted by atomic mass is 10.1. The van der Waals surface area contributed by atoms with Crippen LogP contribution < -0.4 is 5.32 Å². The minimum Gasteiger partial charge on any atom is -0.478 e. The lowest BCUT2D eigenvalue weighted by molar-refractivity contribution is -0.384. The van der Waals surface area contributed by atoms with Crippen LogP contribution in [0.3, 0.4) is 0 Å². The van der Waals surface area contributed by atoms with E-state index in [0.717, 1.165) is 23.8 Å². The van der Waals surface area contributed by atoms with Gasteiger partial charge in [-0.3, -0.25) is 14.9 Å². The topological polar surface area (TPSA) is 110 Å². The molecule has 8 heteroatoms. The summed E-state index contributed by atoms with van der Waals surface area (Å²) in [6.07, 6.45) is 0.0747. The zero-order valence-corrected chi connectivity index (χ0v) is 11.4. The van der Waals surface area contributed by atoms with Crippen molar-refractivity contribution in [1.29, 1.82) is 0 Å². The fraction of sp³-hybridized carbons (Fsp3) is 0.0769. The zero-order chi connectivity index (χ0) is 15.4. The van der Waals surface area contributed by atoms with Gasteiger partial charge in [0.05, 0.1) is 22.6 Å². The molecule has 0 aliphatic rings. The highest BCUT2D eigenvalue weighted by Crippen LogP contribution is 2.23. The molecule has 2 rings (SSSR count). The number of non-ortho nitro benzene ring substituents is 1. The van der Waals surface area contributed by atoms with Crippen molar-refractivity contribution in [2.75, 3.05) is 5.32 Å². The van der Waals surface area contributed by atoms with E-state index in [1.54, 1.807) is 11.4 Å². The Kier molecular flexibility index (Phi) is 4.29. The number of thiophene rings is 1. The average Bonchev–Trinajstić information content (AvgIpc) is 2.90. The molecule has 0 radical (unpaired) electrons. The predicted molar refractivity (Wildman–Crippen MR) is 76.7 cm³/mol. The second-order valence-electron chi connectivity index (χ2n) is 4.15. The molecular formula is C13H10N2O5S. The standard InChI is InChI=1S/C13H10N2O5S/c16-12(5-8-3-4-21-7-8)14-11-6-9(15(19)20)1-2-10(11)13(17)18/h1-4,6-7H,5H2,(H,14,16)(H,17,18). The van der Waals surface area contributed by atoms with Crippen molar-refractivity contribution < 1.29 is 19.6 Å². The Morgan fingerprint density at radius 3 is 2.67 bits per heavy atom. The highest BCUT2D eigenvalue weighted by Gasteiger charge is 2.17. The average molecular weight is 306 g/mol. The molecule has 0 aliphatic carbocycles. The van der Waals surface area contributed by atoms with Crippen molar-refractivity contribution >= 4 is 34.6 Å². The van der Waals surface area contributed by atoms with Crippen LogP contribution in [0, 0.1) is 10.1 Å². The number of nitro groups is 1. The van der Waals surface area contributed by atoms with Crippen LogP contribution in [0.4, 0.5) is 11.4 Å². The second-order valence-corrected chi connectivity index (χ2v) is 4.93. The van der Waals surface area contributed by atoms with E-state index in [-0.39, 0.29) is 23.4 Å². The maximum atomic E-state index is 11.9. The van der Waals surface area contributed by atoms with Crippen molar-refractivity contribution in [2.45, 2.75) is 6.42 Å². The number of amides is 1. The Balaban J connectivity index is 2.24. The number of nitrogens with one attached hydrogen (secondary N) is 1. The Morgan fingerprint density at radius 1 is 1.33 bits per heavy atom. The van der Waals surface area contributed by atoms with Gasteiger partial charge in [0, 0.05) is 12.1 Å². The lowest BCUT2D eigenvalue weighted by Gasteiger charge is -2.08. The van der Waals surface area contributed by atoms with Gasteiger partial charge in [-0.05, 0) is 28.5 Å². The first-order valence-electron chi connectivity index (χ1n) is 5.80. The Bertz CT molecular complexity index is 697. The molecule has 2 aromatic rings. The normalized spacial score (nSPS) is 10.1. The molecule has 1 amide bonds. The fourth-order valence-electron chi connectivity index (χ4n) is 1.71. The number of carbonyl (C=O) groups excluding carboxylic acids is 1. The predicted octanol–water partition coefficient (Wildman–Crippen LogP) is 2.54. The number of aromatic carboxylic acids is 1. The van der Waals surface area contributed by atoms with Crippen LogP contribution in [0.1, 0.15) is 15.9 Å². The molecule has 0 aliphatic heterocycles. The number of anilines is 1. The zero-order valence-electron chi connectivity index (χ0n) is 10.6. The van der Waals surface area contributed by atoms with Crippen LogP contribution in [-0.2, 0) is 11.2 Å². The smallest absolute Gasteiger partial charge is 0.337 e. The number of rotatable bonds is 5. The van der Waals surface area contributed by atoms with E-state index in [1.165, 1.54) is 11.3 Å². The van der Waals surface area contributed by atoms with Gasteiger partial charge in [-0.1, -0.05) is 0 Å². The lowest BCUT2D eigenvalue weighted by Crippen LogP contribution is -2.16. The summed E-state index contributed by atoms with van der Waals surface area (Å²) in [6, 6.07) is 4.99. The summed E-state index contributed by atoms with van der Waals surface area (Å²) >= 11 is 1.44. The number of carbonyl (C=O) groups is 2. The number of nitrogens with zero attached hydrogens (tertiary/aromatic N) is 1. The fourth-order valence-corrected chi connectivity index (χ4v) is 2.38. The maximum absolute atomic E-state index is 11.9. The molecule has 0 spiro atoms. The molecule has 0 unspecified atom stereocenters. The number of hydrogen-bond donors (Lipinski definition) is 2. The number of benzene rings is 1. The maximum Gasteiger partial charge on any atom is 0.337 e. The Morgan fingerprint density at radius 2 is 2.10 bits per heavy atom. The Labute approximate surface area is 123 Å². The van der Waals surface area contributed by atoms with Gasteiger partial charge in [0.2, 0.25) is 5.91 Å². The number of hydrogen-bond acceptors (Lipinski definition) is 5. The van der Waals surface area contributed by atoms with E-state index in [0.29, 0.717) is 0 Å². The van der Waals surface area contributed by atoms with Crippen LogP contribution in [-0.4, -0.2) is 21.9 Å². The molecular weight excluding hydrogens is 296 g/mol. The van der Waals surface area contributed by atoms with Crippen LogP contribution in [0.15, 0.2) is 35.0 Å². The SMILES string of the molecule is O=C(Cc1ccsc1)Nc1cc([N+](=O)[O-])ccc1C(=O)O. The van der Waals surface area contributed by atoms with Gasteiger partial charge in [0.1, 0.15) is 0 Å². The summed E-state index contributed by atoms with van der Waals surface area (Å²) in [6.45, 7) is 0. The molecule has 1 aromatic heterocycles. The number of nitro benzene ring substituents is 1. The molecule has 2 N–H and O–H groups in total. The first kappa shape index (κ1) is 14.7. The van der Waals surface area contributed by atoms with E-state index in [1.807, 2.05) is 5.38 Å². The summed E-state index contributed by atoms with van der Waals surface area (Å²) in [5.74, 6) is -1.70. The second kappa shape index (κ2) is 6.14. The first-order chi connectivity index (χ1) is 9.97. The third kappa shape index (κ3) is 3.63. The largest absolute Gasteiger partial charge is 0.478 e. The van der Waals surface area contributed by atoms with Gasteiger partial charge >= 0.3 is 5.97 Å². The van der Waals surface area contributed by atoms with E-state index in [4.69, 9.17) is 5.11 Å². The van der Waals surface area contributed by atoms with Gasteiger partial charge in [0.15, 0.2) is 0 Å². The molecule has 0 saturated carbocycles. The summed E-state index contributed by atoms with van der Waals surface area (Å²) in [5, 5.41) is 25.8. The van der Waals surface area contributed by atoms with Gasteiger partial charge < -0.3 is 10.4 Å². The number of carboxylic acid groups (broad SMARTS) is 1. The third-order valence-corrected chi connectivity index (χ3v) is 3.40. The molecule has 0 atom stereocenters. The Hall–Kier alpha value is -2.74. The first-order valence-corrected chi connectivity index (χ1v) is 6.74.